The number of nitrogens with zero attached hydrogens (tertiary/aromatic N) is 4. The molecule has 1 atom stereocenters. The van der Waals surface area contributed by atoms with Crippen LogP contribution in [0.1, 0.15) is 30.0 Å². The predicted octanol–water partition coefficient (Wildman–Crippen LogP) is 1.22. The van der Waals surface area contributed by atoms with Gasteiger partial charge in [0.15, 0.2) is 0 Å². The quantitative estimate of drug-likeness (QED) is 0.834. The zero-order valence-corrected chi connectivity index (χ0v) is 13.5. The maximum atomic E-state index is 12.3. The Balaban J connectivity index is 1.95. The van der Waals surface area contributed by atoms with Gasteiger partial charge in [0, 0.05) is 25.5 Å². The number of carbonyl (C=O) groups is 1. The van der Waals surface area contributed by atoms with Crippen LogP contribution in [-0.4, -0.2) is 39.0 Å². The zero-order chi connectivity index (χ0) is 16.1. The molecular weight excluding hydrogens is 282 g/mol. The molecule has 0 aliphatic heterocycles. The van der Waals surface area contributed by atoms with Crippen molar-refractivity contribution in [1.82, 2.24) is 24.6 Å². The first-order valence-corrected chi connectivity index (χ1v) is 7.31. The van der Waals surface area contributed by atoms with Crippen LogP contribution in [0.15, 0.2) is 18.6 Å². The summed E-state index contributed by atoms with van der Waals surface area (Å²) < 4.78 is 8.77. The van der Waals surface area contributed by atoms with Crippen LogP contribution in [0.5, 0.6) is 0 Å². The Morgan fingerprint density at radius 1 is 1.45 bits per heavy atom. The summed E-state index contributed by atoms with van der Waals surface area (Å²) in [6.07, 6.45) is 3.49. The minimum absolute atomic E-state index is 0.0642. The SMILES string of the molecule is COCCn1cncc1CNC(=O)[C@@H](C)n1nc(C)cc1C. The first-order chi connectivity index (χ1) is 10.5. The maximum absolute atomic E-state index is 12.3. The van der Waals surface area contributed by atoms with E-state index < -0.39 is 0 Å². The van der Waals surface area contributed by atoms with Crippen molar-refractivity contribution in [2.45, 2.75) is 39.9 Å². The Labute approximate surface area is 130 Å². The third-order valence-corrected chi connectivity index (χ3v) is 3.57. The summed E-state index contributed by atoms with van der Waals surface area (Å²) in [5.74, 6) is -0.0642. The fourth-order valence-corrected chi connectivity index (χ4v) is 2.36. The summed E-state index contributed by atoms with van der Waals surface area (Å²) in [4.78, 5) is 16.4. The molecule has 0 aliphatic carbocycles. The Kier molecular flexibility index (Phi) is 5.32. The summed E-state index contributed by atoms with van der Waals surface area (Å²) in [7, 11) is 1.66. The minimum atomic E-state index is -0.343. The second kappa shape index (κ2) is 7.22. The van der Waals surface area contributed by atoms with Gasteiger partial charge >= 0.3 is 0 Å². The van der Waals surface area contributed by atoms with Crippen LogP contribution >= 0.6 is 0 Å². The highest BCUT2D eigenvalue weighted by Gasteiger charge is 2.17. The first kappa shape index (κ1) is 16.2. The van der Waals surface area contributed by atoms with Crippen LogP contribution < -0.4 is 5.32 Å². The molecule has 0 saturated carbocycles. The Bertz CT molecular complexity index is 632. The van der Waals surface area contributed by atoms with Crippen molar-refractivity contribution >= 4 is 5.91 Å². The highest BCUT2D eigenvalue weighted by molar-refractivity contribution is 5.79. The van der Waals surface area contributed by atoms with Crippen LogP contribution in [0.4, 0.5) is 0 Å². The first-order valence-electron chi connectivity index (χ1n) is 7.31. The fourth-order valence-electron chi connectivity index (χ4n) is 2.36. The van der Waals surface area contributed by atoms with Crippen LogP contribution in [0.3, 0.4) is 0 Å². The standard InChI is InChI=1S/C15H23N5O2/c1-11-7-12(2)20(18-11)13(3)15(21)17-9-14-8-16-10-19(14)5-6-22-4/h7-8,10,13H,5-6,9H2,1-4H3,(H,17,21)/t13-/m1/s1. The number of hydrogen-bond donors (Lipinski definition) is 1. The molecule has 0 unspecified atom stereocenters. The molecule has 0 radical (unpaired) electrons. The van der Waals surface area contributed by atoms with Gasteiger partial charge in [-0.2, -0.15) is 5.10 Å². The van der Waals surface area contributed by atoms with E-state index in [0.717, 1.165) is 17.1 Å². The third kappa shape index (κ3) is 3.73. The fraction of sp³-hybridized carbons (Fsp3) is 0.533. The van der Waals surface area contributed by atoms with E-state index in [1.165, 1.54) is 0 Å². The molecule has 2 rings (SSSR count). The van der Waals surface area contributed by atoms with E-state index in [1.807, 2.05) is 31.4 Å². The summed E-state index contributed by atoms with van der Waals surface area (Å²) in [5.41, 5.74) is 2.84. The number of amides is 1. The molecule has 7 nitrogen and oxygen atoms in total. The Hall–Kier alpha value is -2.15. The zero-order valence-electron chi connectivity index (χ0n) is 13.5. The van der Waals surface area contributed by atoms with Gasteiger partial charge < -0.3 is 14.6 Å². The average Bonchev–Trinajstić information content (AvgIpc) is 3.07. The van der Waals surface area contributed by atoms with Crippen LogP contribution in [0.25, 0.3) is 0 Å². The van der Waals surface area contributed by atoms with E-state index >= 15 is 0 Å². The molecule has 1 amide bonds. The van der Waals surface area contributed by atoms with E-state index in [2.05, 4.69) is 15.4 Å². The molecule has 0 spiro atoms. The molecule has 1 N–H and O–H groups in total. The average molecular weight is 305 g/mol. The smallest absolute Gasteiger partial charge is 0.244 e. The molecule has 0 bridgehead atoms. The second-order valence-corrected chi connectivity index (χ2v) is 5.34. The van der Waals surface area contributed by atoms with Crippen molar-refractivity contribution in [1.29, 1.82) is 0 Å². The molecule has 2 aromatic heterocycles. The van der Waals surface area contributed by atoms with Crippen molar-refractivity contribution in [3.05, 3.63) is 35.7 Å². The van der Waals surface area contributed by atoms with E-state index in [-0.39, 0.29) is 11.9 Å². The summed E-state index contributed by atoms with van der Waals surface area (Å²) >= 11 is 0. The van der Waals surface area contributed by atoms with Crippen molar-refractivity contribution in [2.24, 2.45) is 0 Å². The number of rotatable bonds is 7. The molecule has 7 heteroatoms. The minimum Gasteiger partial charge on any atom is -0.383 e. The molecule has 22 heavy (non-hydrogen) atoms. The van der Waals surface area contributed by atoms with Crippen molar-refractivity contribution in [3.8, 4) is 0 Å². The lowest BCUT2D eigenvalue weighted by molar-refractivity contribution is -0.124. The predicted molar refractivity (Wildman–Crippen MR) is 82.4 cm³/mol. The van der Waals surface area contributed by atoms with Gasteiger partial charge in [-0.3, -0.25) is 9.48 Å². The number of carbonyl (C=O) groups excluding carboxylic acids is 1. The number of imidazole rings is 1. The van der Waals surface area contributed by atoms with Gasteiger partial charge in [-0.05, 0) is 26.8 Å². The van der Waals surface area contributed by atoms with Gasteiger partial charge in [0.25, 0.3) is 0 Å². The summed E-state index contributed by atoms with van der Waals surface area (Å²) in [6, 6.07) is 1.62. The van der Waals surface area contributed by atoms with Crippen LogP contribution in [0, 0.1) is 13.8 Å². The Morgan fingerprint density at radius 3 is 2.86 bits per heavy atom. The number of methoxy groups -OCH3 is 1. The molecule has 0 saturated heterocycles. The van der Waals surface area contributed by atoms with Gasteiger partial charge in [0.2, 0.25) is 5.91 Å². The molecular formula is C15H23N5O2. The summed E-state index contributed by atoms with van der Waals surface area (Å²) in [5, 5.41) is 7.29. The summed E-state index contributed by atoms with van der Waals surface area (Å²) in [6.45, 7) is 7.48. The largest absolute Gasteiger partial charge is 0.383 e. The molecule has 0 aliphatic rings. The van der Waals surface area contributed by atoms with Gasteiger partial charge in [0.1, 0.15) is 6.04 Å². The highest BCUT2D eigenvalue weighted by atomic mass is 16.5. The lowest BCUT2D eigenvalue weighted by Gasteiger charge is -2.15. The topological polar surface area (TPSA) is 74.0 Å². The molecule has 0 aromatic carbocycles. The number of nitrogens with one attached hydrogen (secondary N) is 1. The molecule has 120 valence electrons. The Morgan fingerprint density at radius 2 is 2.23 bits per heavy atom. The van der Waals surface area contributed by atoms with E-state index in [9.17, 15) is 4.79 Å². The number of aryl methyl sites for hydroxylation is 2. The van der Waals surface area contributed by atoms with Crippen molar-refractivity contribution < 1.29 is 9.53 Å². The van der Waals surface area contributed by atoms with Gasteiger partial charge in [0.05, 0.1) is 30.9 Å². The highest BCUT2D eigenvalue weighted by Crippen LogP contribution is 2.11. The second-order valence-electron chi connectivity index (χ2n) is 5.34. The van der Waals surface area contributed by atoms with E-state index in [0.29, 0.717) is 19.7 Å². The number of hydrogen-bond acceptors (Lipinski definition) is 4. The van der Waals surface area contributed by atoms with E-state index in [1.54, 1.807) is 24.3 Å². The number of ether oxygens (including phenoxy) is 1. The van der Waals surface area contributed by atoms with Crippen LogP contribution in [0.2, 0.25) is 0 Å². The van der Waals surface area contributed by atoms with Gasteiger partial charge in [-0.15, -0.1) is 0 Å². The molecule has 2 heterocycles. The van der Waals surface area contributed by atoms with E-state index in [4.69, 9.17) is 4.74 Å². The molecule has 2 aromatic rings. The van der Waals surface area contributed by atoms with Gasteiger partial charge in [-0.25, -0.2) is 4.98 Å². The van der Waals surface area contributed by atoms with Gasteiger partial charge in [-0.1, -0.05) is 0 Å². The van der Waals surface area contributed by atoms with Crippen molar-refractivity contribution in [3.63, 3.8) is 0 Å². The number of aromatic nitrogens is 4. The maximum Gasteiger partial charge on any atom is 0.244 e. The molecule has 0 fully saturated rings. The monoisotopic (exact) mass is 305 g/mol. The normalized spacial score (nSPS) is 12.4. The lowest BCUT2D eigenvalue weighted by Crippen LogP contribution is -2.32. The van der Waals surface area contributed by atoms with Crippen molar-refractivity contribution in [2.75, 3.05) is 13.7 Å². The third-order valence-electron chi connectivity index (χ3n) is 3.57. The lowest BCUT2D eigenvalue weighted by atomic mass is 10.3. The van der Waals surface area contributed by atoms with Crippen LogP contribution in [-0.2, 0) is 22.6 Å².